The van der Waals surface area contributed by atoms with Gasteiger partial charge in [0.1, 0.15) is 0 Å². The zero-order chi connectivity index (χ0) is 13.0. The molecule has 2 nitrogen and oxygen atoms in total. The van der Waals surface area contributed by atoms with Crippen molar-refractivity contribution in [2.24, 2.45) is 5.92 Å². The molecule has 0 aromatic carbocycles. The number of hydrogen-bond acceptors (Lipinski definition) is 2. The Morgan fingerprint density at radius 1 is 1.28 bits per heavy atom. The second-order valence-electron chi connectivity index (χ2n) is 6.56. The van der Waals surface area contributed by atoms with E-state index in [4.69, 9.17) is 16.3 Å². The van der Waals surface area contributed by atoms with Gasteiger partial charge in [-0.15, -0.1) is 11.6 Å². The van der Waals surface area contributed by atoms with Gasteiger partial charge in [-0.3, -0.25) is 0 Å². The lowest BCUT2D eigenvalue weighted by atomic mass is 9.98. The van der Waals surface area contributed by atoms with Gasteiger partial charge < -0.3 is 10.1 Å². The summed E-state index contributed by atoms with van der Waals surface area (Å²) < 4.78 is 6.30. The van der Waals surface area contributed by atoms with Crippen LogP contribution in [0, 0.1) is 5.92 Å². The second kappa shape index (κ2) is 6.58. The van der Waals surface area contributed by atoms with Gasteiger partial charge in [-0.25, -0.2) is 0 Å². The monoisotopic (exact) mass is 273 g/mol. The van der Waals surface area contributed by atoms with Crippen LogP contribution in [0.4, 0.5) is 0 Å². The minimum Gasteiger partial charge on any atom is -0.370 e. The molecule has 106 valence electrons. The van der Waals surface area contributed by atoms with E-state index in [0.717, 1.165) is 13.0 Å². The molecule has 0 amide bonds. The van der Waals surface area contributed by atoms with Gasteiger partial charge in [-0.1, -0.05) is 26.7 Å². The van der Waals surface area contributed by atoms with Crippen molar-refractivity contribution >= 4 is 11.6 Å². The molecule has 1 heterocycles. The van der Waals surface area contributed by atoms with Crippen molar-refractivity contribution in [2.45, 2.75) is 76.5 Å². The summed E-state index contributed by atoms with van der Waals surface area (Å²) in [6.07, 6.45) is 9.36. The third-order valence-corrected chi connectivity index (χ3v) is 4.80. The topological polar surface area (TPSA) is 21.3 Å². The summed E-state index contributed by atoms with van der Waals surface area (Å²) in [6, 6.07) is 0.440. The van der Waals surface area contributed by atoms with Crippen LogP contribution in [0.15, 0.2) is 0 Å². The minimum atomic E-state index is 0.265. The average Bonchev–Trinajstić information content (AvgIpc) is 2.95. The van der Waals surface area contributed by atoms with Crippen LogP contribution in [-0.4, -0.2) is 30.2 Å². The third-order valence-electron chi connectivity index (χ3n) is 4.43. The van der Waals surface area contributed by atoms with E-state index < -0.39 is 0 Å². The maximum Gasteiger partial charge on any atom is 0.0708 e. The first-order chi connectivity index (χ1) is 8.63. The fraction of sp³-hybridized carbons (Fsp3) is 1.00. The molecule has 0 bridgehead atoms. The van der Waals surface area contributed by atoms with E-state index in [0.29, 0.717) is 23.9 Å². The predicted molar refractivity (Wildman–Crippen MR) is 77.3 cm³/mol. The maximum atomic E-state index is 6.30. The Morgan fingerprint density at radius 3 is 2.61 bits per heavy atom. The van der Waals surface area contributed by atoms with E-state index in [9.17, 15) is 0 Å². The summed E-state index contributed by atoms with van der Waals surface area (Å²) in [4.78, 5) is 0. The fourth-order valence-corrected chi connectivity index (χ4v) is 3.73. The molecule has 2 unspecified atom stereocenters. The van der Waals surface area contributed by atoms with Crippen molar-refractivity contribution in [2.75, 3.05) is 12.4 Å². The quantitative estimate of drug-likeness (QED) is 0.745. The number of halogens is 1. The Labute approximate surface area is 117 Å². The number of hydrogen-bond donors (Lipinski definition) is 1. The number of alkyl halides is 1. The molecule has 18 heavy (non-hydrogen) atoms. The van der Waals surface area contributed by atoms with Crippen LogP contribution in [-0.2, 0) is 4.74 Å². The third kappa shape index (κ3) is 3.85. The minimum absolute atomic E-state index is 0.265. The van der Waals surface area contributed by atoms with Gasteiger partial charge in [0.15, 0.2) is 0 Å². The predicted octanol–water partition coefficient (Wildman–Crippen LogP) is 3.72. The fourth-order valence-electron chi connectivity index (χ4n) is 3.49. The Hall–Kier alpha value is 0.210. The van der Waals surface area contributed by atoms with Crippen molar-refractivity contribution in [3.05, 3.63) is 0 Å². The van der Waals surface area contributed by atoms with E-state index in [1.54, 1.807) is 0 Å². The number of nitrogens with one attached hydrogen (secondary N) is 1. The summed E-state index contributed by atoms with van der Waals surface area (Å²) in [5.41, 5.74) is 0.265. The summed E-state index contributed by atoms with van der Waals surface area (Å²) >= 11 is 6.01. The molecule has 2 aliphatic rings. The molecule has 1 aliphatic carbocycles. The van der Waals surface area contributed by atoms with Crippen molar-refractivity contribution in [3.63, 3.8) is 0 Å². The van der Waals surface area contributed by atoms with Crippen LogP contribution < -0.4 is 5.32 Å². The van der Waals surface area contributed by atoms with Crippen molar-refractivity contribution < 1.29 is 4.74 Å². The first-order valence-electron chi connectivity index (χ1n) is 7.61. The van der Waals surface area contributed by atoms with Crippen LogP contribution >= 0.6 is 11.6 Å². The summed E-state index contributed by atoms with van der Waals surface area (Å²) in [7, 11) is 0. The second-order valence-corrected chi connectivity index (χ2v) is 6.87. The summed E-state index contributed by atoms with van der Waals surface area (Å²) in [5, 5.41) is 3.59. The first kappa shape index (κ1) is 14.6. The lowest BCUT2D eigenvalue weighted by Gasteiger charge is -2.25. The molecule has 0 radical (unpaired) electrons. The summed E-state index contributed by atoms with van der Waals surface area (Å²) in [5.74, 6) is 1.41. The molecule has 2 atom stereocenters. The van der Waals surface area contributed by atoms with Crippen molar-refractivity contribution in [3.8, 4) is 0 Å². The highest BCUT2D eigenvalue weighted by Gasteiger charge is 2.41. The maximum absolute atomic E-state index is 6.30. The number of rotatable bonds is 6. The van der Waals surface area contributed by atoms with Crippen LogP contribution in [0.1, 0.15) is 58.8 Å². The molecule has 1 saturated heterocycles. The molecule has 0 aromatic rings. The standard InChI is InChI=1S/C15H28ClNO/c1-12(2)9-13(10-16)17-11-14-5-8-15(18-14)6-3-4-7-15/h12-14,17H,3-11H2,1-2H3. The molecular formula is C15H28ClNO. The molecule has 1 spiro atoms. The Bertz CT molecular complexity index is 251. The smallest absolute Gasteiger partial charge is 0.0708 e. The van der Waals surface area contributed by atoms with Gasteiger partial charge in [0, 0.05) is 18.5 Å². The molecule has 1 aliphatic heterocycles. The van der Waals surface area contributed by atoms with Gasteiger partial charge in [0.2, 0.25) is 0 Å². The Kier molecular flexibility index (Phi) is 5.35. The average molecular weight is 274 g/mol. The molecule has 3 heteroatoms. The largest absolute Gasteiger partial charge is 0.370 e. The lowest BCUT2D eigenvalue weighted by molar-refractivity contribution is -0.0358. The van der Waals surface area contributed by atoms with Crippen LogP contribution in [0.5, 0.6) is 0 Å². The van der Waals surface area contributed by atoms with Crippen molar-refractivity contribution in [1.82, 2.24) is 5.32 Å². The summed E-state index contributed by atoms with van der Waals surface area (Å²) in [6.45, 7) is 5.48. The van der Waals surface area contributed by atoms with E-state index in [-0.39, 0.29) is 5.60 Å². The van der Waals surface area contributed by atoms with Gasteiger partial charge in [0.05, 0.1) is 11.7 Å². The molecule has 2 rings (SSSR count). The number of ether oxygens (including phenoxy) is 1. The highest BCUT2D eigenvalue weighted by molar-refractivity contribution is 6.18. The molecular weight excluding hydrogens is 246 g/mol. The Morgan fingerprint density at radius 2 is 2.00 bits per heavy atom. The van der Waals surface area contributed by atoms with Crippen molar-refractivity contribution in [1.29, 1.82) is 0 Å². The van der Waals surface area contributed by atoms with Gasteiger partial charge in [0.25, 0.3) is 0 Å². The Balaban J connectivity index is 1.71. The highest BCUT2D eigenvalue weighted by atomic mass is 35.5. The van der Waals surface area contributed by atoms with Gasteiger partial charge in [-0.2, -0.15) is 0 Å². The van der Waals surface area contributed by atoms with E-state index in [1.165, 1.54) is 38.5 Å². The lowest BCUT2D eigenvalue weighted by Crippen LogP contribution is -2.38. The van der Waals surface area contributed by atoms with E-state index >= 15 is 0 Å². The van der Waals surface area contributed by atoms with Crippen LogP contribution in [0.25, 0.3) is 0 Å². The van der Waals surface area contributed by atoms with Gasteiger partial charge in [-0.05, 0) is 38.0 Å². The zero-order valence-corrected chi connectivity index (χ0v) is 12.6. The van der Waals surface area contributed by atoms with Crippen LogP contribution in [0.2, 0.25) is 0 Å². The van der Waals surface area contributed by atoms with Gasteiger partial charge >= 0.3 is 0 Å². The normalized spacial score (nSPS) is 28.3. The molecule has 0 aromatic heterocycles. The molecule has 2 fully saturated rings. The van der Waals surface area contributed by atoms with E-state index in [1.807, 2.05) is 0 Å². The first-order valence-corrected chi connectivity index (χ1v) is 8.14. The molecule has 1 saturated carbocycles. The highest BCUT2D eigenvalue weighted by Crippen LogP contribution is 2.43. The SMILES string of the molecule is CC(C)CC(CCl)NCC1CCC2(CCCC2)O1. The van der Waals surface area contributed by atoms with E-state index in [2.05, 4.69) is 19.2 Å². The molecule has 1 N–H and O–H groups in total. The zero-order valence-electron chi connectivity index (χ0n) is 11.9. The van der Waals surface area contributed by atoms with Crippen LogP contribution in [0.3, 0.4) is 0 Å².